The molecule has 0 bridgehead atoms. The predicted octanol–water partition coefficient (Wildman–Crippen LogP) is 0.363. The molecule has 0 aromatic carbocycles. The smallest absolute Gasteiger partial charge is 0.237 e. The van der Waals surface area contributed by atoms with Crippen LogP contribution in [-0.4, -0.2) is 59.9 Å². The third kappa shape index (κ3) is 4.72. The minimum Gasteiger partial charge on any atom is -0.349 e. The van der Waals surface area contributed by atoms with Crippen LogP contribution in [0.3, 0.4) is 0 Å². The summed E-state index contributed by atoms with van der Waals surface area (Å²) in [7, 11) is 0. The van der Waals surface area contributed by atoms with E-state index in [1.54, 1.807) is 0 Å². The summed E-state index contributed by atoms with van der Waals surface area (Å²) in [5.41, 5.74) is 10.1. The van der Waals surface area contributed by atoms with Crippen molar-refractivity contribution in [2.45, 2.75) is 68.3 Å². The number of hydrogen-bond acceptors (Lipinski definition) is 7. The van der Waals surface area contributed by atoms with Crippen molar-refractivity contribution in [3.8, 4) is 0 Å². The predicted molar refractivity (Wildman–Crippen MR) is 105 cm³/mol. The van der Waals surface area contributed by atoms with E-state index in [9.17, 15) is 4.79 Å². The standard InChI is InChI=1S/C18H34N6OS/c1-12-22-23-18(26-12)14-7-16(19-8-14)17(25)21-15-9-20-24(11-15)10-13-5-3-2-4-6-13/h12-16,18-20,22-23H,2-11H2,1H3,(H,21,25). The second kappa shape index (κ2) is 8.75. The summed E-state index contributed by atoms with van der Waals surface area (Å²) >= 11 is 1.92. The average Bonchev–Trinajstić information content (AvgIpc) is 3.37. The number of nitrogens with zero attached hydrogens (tertiary/aromatic N) is 1. The molecule has 3 aliphatic heterocycles. The average molecular weight is 383 g/mol. The third-order valence-corrected chi connectivity index (χ3v) is 7.56. The van der Waals surface area contributed by atoms with Gasteiger partial charge >= 0.3 is 0 Å². The maximum Gasteiger partial charge on any atom is 0.237 e. The Kier molecular flexibility index (Phi) is 6.38. The maximum absolute atomic E-state index is 12.7. The van der Waals surface area contributed by atoms with Crippen LogP contribution in [0.5, 0.6) is 0 Å². The van der Waals surface area contributed by atoms with Crippen molar-refractivity contribution in [2.24, 2.45) is 11.8 Å². The minimum absolute atomic E-state index is 0.0503. The van der Waals surface area contributed by atoms with Gasteiger partial charge in [-0.15, -0.1) is 11.8 Å². The highest BCUT2D eigenvalue weighted by atomic mass is 32.2. The summed E-state index contributed by atoms with van der Waals surface area (Å²) in [6.07, 6.45) is 7.82. The first kappa shape index (κ1) is 19.0. The van der Waals surface area contributed by atoms with Gasteiger partial charge in [-0.25, -0.2) is 15.9 Å². The first-order chi connectivity index (χ1) is 12.7. The topological polar surface area (TPSA) is 80.5 Å². The highest BCUT2D eigenvalue weighted by molar-refractivity contribution is 8.00. The van der Waals surface area contributed by atoms with Gasteiger partial charge in [0.15, 0.2) is 0 Å². The quantitative estimate of drug-likeness (QED) is 0.470. The number of amides is 1. The van der Waals surface area contributed by atoms with Gasteiger partial charge in [-0.2, -0.15) is 0 Å². The van der Waals surface area contributed by atoms with Gasteiger partial charge < -0.3 is 10.6 Å². The second-order valence-corrected chi connectivity index (χ2v) is 9.91. The first-order valence-corrected chi connectivity index (χ1v) is 11.3. The fourth-order valence-electron chi connectivity index (χ4n) is 4.76. The van der Waals surface area contributed by atoms with Gasteiger partial charge in [0.25, 0.3) is 0 Å². The van der Waals surface area contributed by atoms with E-state index in [0.29, 0.717) is 16.7 Å². The van der Waals surface area contributed by atoms with Crippen molar-refractivity contribution >= 4 is 17.7 Å². The molecule has 5 atom stereocenters. The van der Waals surface area contributed by atoms with Gasteiger partial charge in [0, 0.05) is 26.2 Å². The van der Waals surface area contributed by atoms with E-state index in [2.05, 4.69) is 38.8 Å². The minimum atomic E-state index is -0.0503. The largest absolute Gasteiger partial charge is 0.349 e. The number of nitrogens with one attached hydrogen (secondary N) is 5. The summed E-state index contributed by atoms with van der Waals surface area (Å²) in [6.45, 7) is 5.99. The normalized spacial score (nSPS) is 39.5. The van der Waals surface area contributed by atoms with Crippen molar-refractivity contribution in [2.75, 3.05) is 26.2 Å². The highest BCUT2D eigenvalue weighted by Crippen LogP contribution is 2.30. The van der Waals surface area contributed by atoms with Crippen LogP contribution in [0, 0.1) is 11.8 Å². The molecule has 26 heavy (non-hydrogen) atoms. The number of hydrazine groups is 2. The molecule has 5 unspecified atom stereocenters. The van der Waals surface area contributed by atoms with Crippen LogP contribution in [0.4, 0.5) is 0 Å². The molecule has 4 rings (SSSR count). The molecule has 1 amide bonds. The van der Waals surface area contributed by atoms with Gasteiger partial charge in [0.1, 0.15) is 0 Å². The summed E-state index contributed by atoms with van der Waals surface area (Å²) < 4.78 is 0. The molecular formula is C18H34N6OS. The van der Waals surface area contributed by atoms with E-state index in [4.69, 9.17) is 0 Å². The number of thioether (sulfide) groups is 1. The molecule has 3 heterocycles. The maximum atomic E-state index is 12.7. The molecule has 0 radical (unpaired) electrons. The highest BCUT2D eigenvalue weighted by Gasteiger charge is 2.38. The van der Waals surface area contributed by atoms with Gasteiger partial charge in [-0.3, -0.25) is 10.2 Å². The molecule has 4 fully saturated rings. The number of carbonyl (C=O) groups excluding carboxylic acids is 1. The van der Waals surface area contributed by atoms with Crippen LogP contribution in [0.15, 0.2) is 0 Å². The van der Waals surface area contributed by atoms with Gasteiger partial charge in [-0.05, 0) is 38.0 Å². The van der Waals surface area contributed by atoms with Crippen LogP contribution >= 0.6 is 11.8 Å². The van der Waals surface area contributed by atoms with Gasteiger partial charge in [0.2, 0.25) is 5.91 Å². The molecule has 0 aromatic rings. The van der Waals surface area contributed by atoms with E-state index in [1.807, 2.05) is 11.8 Å². The molecule has 0 aromatic heterocycles. The molecule has 1 saturated carbocycles. The Labute approximate surface area is 161 Å². The van der Waals surface area contributed by atoms with Gasteiger partial charge in [-0.1, -0.05) is 19.3 Å². The van der Waals surface area contributed by atoms with Crippen molar-refractivity contribution in [1.82, 2.24) is 31.9 Å². The van der Waals surface area contributed by atoms with Crippen molar-refractivity contribution in [3.63, 3.8) is 0 Å². The SMILES string of the molecule is CC1NNC(C2CNC(C(=O)NC3CNN(CC4CCCCC4)C3)C2)S1. The third-order valence-electron chi connectivity index (χ3n) is 6.24. The Bertz CT molecular complexity index is 488. The molecule has 5 N–H and O–H groups in total. The number of hydrogen-bond donors (Lipinski definition) is 5. The molecule has 1 aliphatic carbocycles. The lowest BCUT2D eigenvalue weighted by Gasteiger charge is -2.26. The molecule has 4 aliphatic rings. The van der Waals surface area contributed by atoms with Crippen LogP contribution in [0.25, 0.3) is 0 Å². The Balaban J connectivity index is 1.18. The number of rotatable bonds is 5. The van der Waals surface area contributed by atoms with Crippen LogP contribution < -0.4 is 26.9 Å². The van der Waals surface area contributed by atoms with Crippen molar-refractivity contribution in [3.05, 3.63) is 0 Å². The lowest BCUT2D eigenvalue weighted by Crippen LogP contribution is -2.47. The van der Waals surface area contributed by atoms with Gasteiger partial charge in [0.05, 0.1) is 22.8 Å². The lowest BCUT2D eigenvalue weighted by atomic mass is 9.89. The van der Waals surface area contributed by atoms with Crippen LogP contribution in [0.1, 0.15) is 45.4 Å². The molecule has 3 saturated heterocycles. The number of carbonyl (C=O) groups is 1. The summed E-state index contributed by atoms with van der Waals surface area (Å²) in [5.74, 6) is 1.50. The van der Waals surface area contributed by atoms with Crippen LogP contribution in [0.2, 0.25) is 0 Å². The second-order valence-electron chi connectivity index (χ2n) is 8.42. The molecule has 0 spiro atoms. The fraction of sp³-hybridized carbons (Fsp3) is 0.944. The van der Waals surface area contributed by atoms with Crippen molar-refractivity contribution in [1.29, 1.82) is 0 Å². The molecule has 148 valence electrons. The molecule has 7 nitrogen and oxygen atoms in total. The zero-order chi connectivity index (χ0) is 17.9. The summed E-state index contributed by atoms with van der Waals surface area (Å²) in [6, 6.07) is 0.179. The monoisotopic (exact) mass is 382 g/mol. The molecular weight excluding hydrogens is 348 g/mol. The fourth-order valence-corrected chi connectivity index (χ4v) is 5.90. The summed E-state index contributed by atoms with van der Waals surface area (Å²) in [4.78, 5) is 12.7. The van der Waals surface area contributed by atoms with E-state index >= 15 is 0 Å². The van der Waals surface area contributed by atoms with E-state index < -0.39 is 0 Å². The lowest BCUT2D eigenvalue weighted by molar-refractivity contribution is -0.123. The van der Waals surface area contributed by atoms with E-state index in [-0.39, 0.29) is 18.0 Å². The Hall–Kier alpha value is -0.380. The molecule has 8 heteroatoms. The van der Waals surface area contributed by atoms with Crippen LogP contribution in [-0.2, 0) is 4.79 Å². The van der Waals surface area contributed by atoms with E-state index in [0.717, 1.165) is 38.5 Å². The van der Waals surface area contributed by atoms with E-state index in [1.165, 1.54) is 32.1 Å². The summed E-state index contributed by atoms with van der Waals surface area (Å²) in [5, 5.41) is 9.85. The Morgan fingerprint density at radius 1 is 1.19 bits per heavy atom. The zero-order valence-electron chi connectivity index (χ0n) is 15.8. The first-order valence-electron chi connectivity index (χ1n) is 10.4. The Morgan fingerprint density at radius 2 is 2.04 bits per heavy atom. The van der Waals surface area contributed by atoms with Crippen molar-refractivity contribution < 1.29 is 4.79 Å². The zero-order valence-corrected chi connectivity index (χ0v) is 16.6. The Morgan fingerprint density at radius 3 is 2.81 bits per heavy atom.